The van der Waals surface area contributed by atoms with Crippen molar-refractivity contribution in [2.75, 3.05) is 0 Å². The highest BCUT2D eigenvalue weighted by molar-refractivity contribution is 6.03. The summed E-state index contributed by atoms with van der Waals surface area (Å²) in [6, 6.07) is 38.7. The fourth-order valence-electron chi connectivity index (χ4n) is 7.44. The Morgan fingerprint density at radius 2 is 1.25 bits per heavy atom. The third kappa shape index (κ3) is 2.04. The minimum atomic E-state index is -0.299. The van der Waals surface area contributed by atoms with E-state index in [-0.39, 0.29) is 5.41 Å². The second-order valence-corrected chi connectivity index (χ2v) is 10.3. The third-order valence-corrected chi connectivity index (χ3v) is 8.78. The summed E-state index contributed by atoms with van der Waals surface area (Å²) in [5.41, 5.74) is 16.2. The number of benzene rings is 5. The quantitative estimate of drug-likeness (QED) is 0.225. The van der Waals surface area contributed by atoms with Crippen LogP contribution in [0.15, 0.2) is 116 Å². The molecule has 6 aromatic rings. The molecule has 3 aliphatic carbocycles. The lowest BCUT2D eigenvalue weighted by atomic mass is 9.70. The Kier molecular flexibility index (Phi) is 3.33. The van der Waals surface area contributed by atoms with Crippen LogP contribution in [0, 0.1) is 0 Å². The van der Waals surface area contributed by atoms with Gasteiger partial charge in [0.2, 0.25) is 0 Å². The number of aromatic nitrogens is 1. The smallest absolute Gasteiger partial charge is 0.0726 e. The first-order valence-corrected chi connectivity index (χ1v) is 12.7. The average Bonchev–Trinajstić information content (AvgIpc) is 3.55. The van der Waals surface area contributed by atoms with Crippen LogP contribution in [-0.2, 0) is 11.8 Å². The molecule has 5 aromatic carbocycles. The van der Waals surface area contributed by atoms with E-state index in [4.69, 9.17) is 0 Å². The Hall–Kier alpha value is -4.49. The van der Waals surface area contributed by atoms with Gasteiger partial charge in [-0.2, -0.15) is 0 Å². The maximum Gasteiger partial charge on any atom is 0.0726 e. The van der Waals surface area contributed by atoms with Gasteiger partial charge < -0.3 is 0 Å². The van der Waals surface area contributed by atoms with Crippen molar-refractivity contribution in [2.45, 2.75) is 11.8 Å². The molecule has 9 rings (SSSR count). The maximum atomic E-state index is 4.54. The third-order valence-electron chi connectivity index (χ3n) is 8.78. The van der Waals surface area contributed by atoms with Crippen LogP contribution >= 0.6 is 0 Å². The lowest BCUT2D eigenvalue weighted by molar-refractivity contribution is 0.791. The van der Waals surface area contributed by atoms with E-state index in [9.17, 15) is 0 Å². The molecule has 3 aliphatic rings. The lowest BCUT2D eigenvalue weighted by Gasteiger charge is -2.30. The van der Waals surface area contributed by atoms with Crippen molar-refractivity contribution in [1.82, 2.24) is 4.98 Å². The molecule has 1 heteroatoms. The number of hydrogen-bond donors (Lipinski definition) is 0. The highest BCUT2D eigenvalue weighted by Gasteiger charge is 2.52. The van der Waals surface area contributed by atoms with Crippen molar-refractivity contribution >= 4 is 10.8 Å². The molecule has 0 saturated carbocycles. The van der Waals surface area contributed by atoms with Gasteiger partial charge in [0.25, 0.3) is 0 Å². The summed E-state index contributed by atoms with van der Waals surface area (Å²) in [6.07, 6.45) is 5.00. The first-order valence-electron chi connectivity index (χ1n) is 12.7. The fraction of sp³-hybridized carbons (Fsp3) is 0.0571. The van der Waals surface area contributed by atoms with Gasteiger partial charge in [0, 0.05) is 18.0 Å². The Labute approximate surface area is 209 Å². The van der Waals surface area contributed by atoms with E-state index < -0.39 is 0 Å². The molecule has 1 spiro atoms. The van der Waals surface area contributed by atoms with Gasteiger partial charge in [0.15, 0.2) is 0 Å². The second kappa shape index (κ2) is 6.38. The maximum absolute atomic E-state index is 4.54. The number of nitrogens with zero attached hydrogens (tertiary/aromatic N) is 1. The van der Waals surface area contributed by atoms with Gasteiger partial charge in [0.05, 0.1) is 5.41 Å². The van der Waals surface area contributed by atoms with Gasteiger partial charge in [0.1, 0.15) is 0 Å². The van der Waals surface area contributed by atoms with Crippen molar-refractivity contribution < 1.29 is 0 Å². The Morgan fingerprint density at radius 1 is 0.528 bits per heavy atom. The van der Waals surface area contributed by atoms with E-state index in [0.717, 1.165) is 6.42 Å². The highest BCUT2D eigenvalue weighted by Crippen LogP contribution is 2.63. The van der Waals surface area contributed by atoms with Gasteiger partial charge in [-0.3, -0.25) is 4.98 Å². The monoisotopic (exact) mass is 455 g/mol. The molecule has 1 aromatic heterocycles. The number of hydrogen-bond acceptors (Lipinski definition) is 1. The molecule has 36 heavy (non-hydrogen) atoms. The summed E-state index contributed by atoms with van der Waals surface area (Å²) in [6.45, 7) is 0. The zero-order valence-electron chi connectivity index (χ0n) is 19.6. The average molecular weight is 456 g/mol. The number of fused-ring (bicyclic) bond motifs is 15. The van der Waals surface area contributed by atoms with Crippen LogP contribution in [0.4, 0.5) is 0 Å². The molecular weight excluding hydrogens is 434 g/mol. The van der Waals surface area contributed by atoms with Crippen LogP contribution in [0.2, 0.25) is 0 Å². The van der Waals surface area contributed by atoms with Crippen molar-refractivity contribution in [2.24, 2.45) is 0 Å². The molecule has 0 N–H and O–H groups in total. The summed E-state index contributed by atoms with van der Waals surface area (Å²) >= 11 is 0. The minimum absolute atomic E-state index is 0.299. The zero-order chi connectivity index (χ0) is 23.4. The first-order chi connectivity index (χ1) is 17.9. The fourth-order valence-corrected chi connectivity index (χ4v) is 7.44. The van der Waals surface area contributed by atoms with Crippen LogP contribution in [0.5, 0.6) is 0 Å². The molecule has 0 fully saturated rings. The van der Waals surface area contributed by atoms with Crippen molar-refractivity contribution in [3.63, 3.8) is 0 Å². The topological polar surface area (TPSA) is 12.9 Å². The highest BCUT2D eigenvalue weighted by atomic mass is 14.6. The summed E-state index contributed by atoms with van der Waals surface area (Å²) < 4.78 is 0. The minimum Gasteiger partial charge on any atom is -0.264 e. The van der Waals surface area contributed by atoms with Crippen LogP contribution in [0.1, 0.15) is 33.4 Å². The largest absolute Gasteiger partial charge is 0.264 e. The summed E-state index contributed by atoms with van der Waals surface area (Å²) in [7, 11) is 0. The predicted molar refractivity (Wildman–Crippen MR) is 146 cm³/mol. The normalized spacial score (nSPS) is 17.4. The Balaban J connectivity index is 1.43. The molecule has 1 nitrogen and oxygen atoms in total. The summed E-state index contributed by atoms with van der Waals surface area (Å²) in [5.74, 6) is 0. The van der Waals surface area contributed by atoms with Gasteiger partial charge >= 0.3 is 0 Å². The van der Waals surface area contributed by atoms with Gasteiger partial charge in [-0.1, -0.05) is 91.0 Å². The summed E-state index contributed by atoms with van der Waals surface area (Å²) in [5, 5.41) is 2.67. The second-order valence-electron chi connectivity index (χ2n) is 10.3. The number of rotatable bonds is 0. The van der Waals surface area contributed by atoms with Crippen LogP contribution < -0.4 is 0 Å². The molecule has 1 unspecified atom stereocenters. The Morgan fingerprint density at radius 3 is 2.11 bits per heavy atom. The predicted octanol–water partition coefficient (Wildman–Crippen LogP) is 8.15. The molecule has 1 atom stereocenters. The molecular formula is C35H21N. The van der Waals surface area contributed by atoms with Crippen LogP contribution in [0.25, 0.3) is 44.2 Å². The molecule has 0 aliphatic heterocycles. The van der Waals surface area contributed by atoms with E-state index >= 15 is 0 Å². The van der Waals surface area contributed by atoms with Crippen molar-refractivity contribution in [3.05, 3.63) is 149 Å². The van der Waals surface area contributed by atoms with Crippen molar-refractivity contribution in [3.8, 4) is 33.4 Å². The van der Waals surface area contributed by atoms with Gasteiger partial charge in [-0.05, 0) is 90.5 Å². The molecule has 0 amide bonds. The van der Waals surface area contributed by atoms with Crippen LogP contribution in [0.3, 0.4) is 0 Å². The van der Waals surface area contributed by atoms with Gasteiger partial charge in [-0.15, -0.1) is 0 Å². The van der Waals surface area contributed by atoms with Crippen LogP contribution in [-0.4, -0.2) is 4.98 Å². The zero-order valence-corrected chi connectivity index (χ0v) is 19.6. The summed E-state index contributed by atoms with van der Waals surface area (Å²) in [4.78, 5) is 4.54. The Bertz CT molecular complexity index is 1880. The standard InChI is InChI=1S/C35H21N/c1-2-8-24-21(7-1)13-14-22-17-23-18-33-28(19-27(23)34(22)24)25-9-3-5-11-30(25)35(33)31-12-6-4-10-26(31)29-20-36-16-15-32(29)35/h1-16,18-20H,17H2. The lowest BCUT2D eigenvalue weighted by Crippen LogP contribution is -2.26. The van der Waals surface area contributed by atoms with E-state index in [2.05, 4.69) is 114 Å². The van der Waals surface area contributed by atoms with E-state index in [1.807, 2.05) is 6.20 Å². The first kappa shape index (κ1) is 18.8. The van der Waals surface area contributed by atoms with E-state index in [1.165, 1.54) is 77.5 Å². The van der Waals surface area contributed by atoms with E-state index in [1.54, 1.807) is 0 Å². The number of pyridine rings is 1. The molecule has 0 saturated heterocycles. The molecule has 1 heterocycles. The molecule has 0 bridgehead atoms. The van der Waals surface area contributed by atoms with E-state index in [0.29, 0.717) is 0 Å². The van der Waals surface area contributed by atoms with Crippen molar-refractivity contribution in [1.29, 1.82) is 0 Å². The SMILES string of the molecule is c1ccc2c(c1)-c1cnccc1C21c2ccccc2-c2cc3c(cc21)Cc1ccc2ccccc2c1-3. The molecule has 166 valence electrons. The molecule has 0 radical (unpaired) electrons. The van der Waals surface area contributed by atoms with Gasteiger partial charge in [-0.25, -0.2) is 0 Å².